The van der Waals surface area contributed by atoms with Gasteiger partial charge in [-0.25, -0.2) is 0 Å². The van der Waals surface area contributed by atoms with Crippen LogP contribution in [0.1, 0.15) is 21.6 Å². The van der Waals surface area contributed by atoms with Crippen LogP contribution in [0.2, 0.25) is 0 Å². The summed E-state index contributed by atoms with van der Waals surface area (Å²) in [6.07, 6.45) is 4.85. The lowest BCUT2D eigenvalue weighted by molar-refractivity contribution is 0.103. The molecule has 2 heterocycles. The van der Waals surface area contributed by atoms with Gasteiger partial charge < -0.3 is 0 Å². The number of hydrogen-bond donors (Lipinski definition) is 0. The van der Waals surface area contributed by atoms with Crippen LogP contribution in [-0.2, 0) is 0 Å². The maximum Gasteiger partial charge on any atom is 0.214 e. The molecule has 2 aromatic heterocycles. The van der Waals surface area contributed by atoms with Crippen LogP contribution in [-0.4, -0.2) is 15.8 Å². The predicted octanol–water partition coefficient (Wildman–Crippen LogP) is 3.54. The van der Waals surface area contributed by atoms with Gasteiger partial charge in [-0.05, 0) is 56.5 Å². The number of pyridine rings is 2. The lowest BCUT2D eigenvalue weighted by Gasteiger charge is -2.03. The quantitative estimate of drug-likeness (QED) is 0.774. The van der Waals surface area contributed by atoms with Gasteiger partial charge in [-0.2, -0.15) is 0 Å². The Hall–Kier alpha value is -1.07. The summed E-state index contributed by atoms with van der Waals surface area (Å²) in [4.78, 5) is 20.3. The molecule has 0 unspecified atom stereocenters. The van der Waals surface area contributed by atoms with Crippen LogP contribution in [0.5, 0.6) is 0 Å². The summed E-state index contributed by atoms with van der Waals surface area (Å²) >= 11 is 6.63. The highest BCUT2D eigenvalue weighted by Crippen LogP contribution is 2.21. The number of rotatable bonds is 2. The molecule has 0 aliphatic heterocycles. The van der Waals surface area contributed by atoms with Crippen LogP contribution in [0.15, 0.2) is 39.7 Å². The fourth-order valence-electron chi connectivity index (χ4n) is 1.40. The number of halogens is 2. The average Bonchev–Trinajstić information content (AvgIpc) is 2.28. The third-order valence-corrected chi connectivity index (χ3v) is 3.20. The van der Waals surface area contributed by atoms with E-state index in [4.69, 9.17) is 0 Å². The summed E-state index contributed by atoms with van der Waals surface area (Å²) in [6.45, 7) is 1.90. The Balaban J connectivity index is 2.44. The average molecular weight is 356 g/mol. The van der Waals surface area contributed by atoms with E-state index in [0.29, 0.717) is 15.7 Å². The van der Waals surface area contributed by atoms with Crippen LogP contribution >= 0.6 is 31.9 Å². The fraction of sp³-hybridized carbons (Fsp3) is 0.0833. The molecule has 0 aromatic carbocycles. The maximum absolute atomic E-state index is 12.2. The molecule has 0 atom stereocenters. The topological polar surface area (TPSA) is 42.9 Å². The van der Waals surface area contributed by atoms with Crippen LogP contribution in [0.3, 0.4) is 0 Å². The Labute approximate surface area is 116 Å². The Bertz CT molecular complexity index is 584. The number of ketones is 1. The van der Waals surface area contributed by atoms with Crippen molar-refractivity contribution < 1.29 is 4.79 Å². The number of nitrogens with zero attached hydrogens (tertiary/aromatic N) is 2. The van der Waals surface area contributed by atoms with Gasteiger partial charge in [0.1, 0.15) is 5.69 Å². The fourth-order valence-corrected chi connectivity index (χ4v) is 2.57. The molecule has 0 aliphatic carbocycles. The van der Waals surface area contributed by atoms with Crippen molar-refractivity contribution >= 4 is 37.6 Å². The molecule has 0 saturated heterocycles. The van der Waals surface area contributed by atoms with E-state index < -0.39 is 0 Å². The Morgan fingerprint density at radius 2 is 1.94 bits per heavy atom. The van der Waals surface area contributed by atoms with Crippen LogP contribution in [0.25, 0.3) is 0 Å². The molecule has 0 N–H and O–H groups in total. The van der Waals surface area contributed by atoms with E-state index in [-0.39, 0.29) is 5.78 Å². The number of aryl methyl sites for hydroxylation is 1. The molecular formula is C12H8Br2N2O. The first kappa shape index (κ1) is 12.4. The minimum absolute atomic E-state index is 0.138. The number of carbonyl (C=O) groups is 1. The molecule has 17 heavy (non-hydrogen) atoms. The molecule has 3 nitrogen and oxygen atoms in total. The van der Waals surface area contributed by atoms with Crippen molar-refractivity contribution in [3.8, 4) is 0 Å². The summed E-state index contributed by atoms with van der Waals surface area (Å²) in [5.41, 5.74) is 1.88. The summed E-state index contributed by atoms with van der Waals surface area (Å²) < 4.78 is 1.49. The first-order chi connectivity index (χ1) is 8.08. The molecular weight excluding hydrogens is 348 g/mol. The first-order valence-electron chi connectivity index (χ1n) is 4.85. The van der Waals surface area contributed by atoms with E-state index in [1.54, 1.807) is 30.7 Å². The molecule has 0 aliphatic rings. The zero-order chi connectivity index (χ0) is 12.4. The van der Waals surface area contributed by atoms with Gasteiger partial charge in [-0.15, -0.1) is 0 Å². The Morgan fingerprint density at radius 1 is 1.18 bits per heavy atom. The second kappa shape index (κ2) is 5.06. The number of hydrogen-bond acceptors (Lipinski definition) is 3. The molecule has 0 fully saturated rings. The van der Waals surface area contributed by atoms with E-state index in [2.05, 4.69) is 41.8 Å². The van der Waals surface area contributed by atoms with E-state index in [1.165, 1.54) is 0 Å². The molecule has 0 spiro atoms. The second-order valence-electron chi connectivity index (χ2n) is 3.56. The molecule has 0 amide bonds. The standard InChI is InChI=1S/C12H8Br2N2O/c1-7-2-8(5-15-4-7)12(17)11-10(14)3-9(13)6-16-11/h2-6H,1H3. The summed E-state index contributed by atoms with van der Waals surface area (Å²) in [6, 6.07) is 3.59. The van der Waals surface area contributed by atoms with Crippen molar-refractivity contribution in [1.29, 1.82) is 0 Å². The summed E-state index contributed by atoms with van der Waals surface area (Å²) in [5.74, 6) is -0.138. The molecule has 86 valence electrons. The lowest BCUT2D eigenvalue weighted by Crippen LogP contribution is -2.05. The van der Waals surface area contributed by atoms with Crippen molar-refractivity contribution in [2.75, 3.05) is 0 Å². The van der Waals surface area contributed by atoms with Gasteiger partial charge in [0.05, 0.1) is 0 Å². The van der Waals surface area contributed by atoms with Gasteiger partial charge in [-0.1, -0.05) is 0 Å². The van der Waals surface area contributed by atoms with E-state index in [1.807, 2.05) is 6.92 Å². The van der Waals surface area contributed by atoms with Crippen LogP contribution in [0.4, 0.5) is 0 Å². The highest BCUT2D eigenvalue weighted by molar-refractivity contribution is 9.11. The zero-order valence-corrected chi connectivity index (χ0v) is 12.1. The predicted molar refractivity (Wildman–Crippen MR) is 72.0 cm³/mol. The van der Waals surface area contributed by atoms with Gasteiger partial charge in [0.15, 0.2) is 0 Å². The normalized spacial score (nSPS) is 10.3. The van der Waals surface area contributed by atoms with E-state index >= 15 is 0 Å². The lowest BCUT2D eigenvalue weighted by atomic mass is 10.1. The molecule has 0 radical (unpaired) electrons. The van der Waals surface area contributed by atoms with Crippen LogP contribution < -0.4 is 0 Å². The Morgan fingerprint density at radius 3 is 2.59 bits per heavy atom. The van der Waals surface area contributed by atoms with Crippen molar-refractivity contribution in [1.82, 2.24) is 9.97 Å². The highest BCUT2D eigenvalue weighted by atomic mass is 79.9. The zero-order valence-electron chi connectivity index (χ0n) is 8.95. The van der Waals surface area contributed by atoms with Gasteiger partial charge in [0.25, 0.3) is 0 Å². The first-order valence-corrected chi connectivity index (χ1v) is 6.44. The van der Waals surface area contributed by atoms with Crippen molar-refractivity contribution in [3.63, 3.8) is 0 Å². The van der Waals surface area contributed by atoms with Crippen molar-refractivity contribution in [2.24, 2.45) is 0 Å². The summed E-state index contributed by atoms with van der Waals surface area (Å²) in [7, 11) is 0. The minimum Gasteiger partial charge on any atom is -0.287 e. The smallest absolute Gasteiger partial charge is 0.214 e. The molecule has 5 heteroatoms. The second-order valence-corrected chi connectivity index (χ2v) is 5.33. The maximum atomic E-state index is 12.2. The largest absolute Gasteiger partial charge is 0.287 e. The number of carbonyl (C=O) groups excluding carboxylic acids is 1. The summed E-state index contributed by atoms with van der Waals surface area (Å²) in [5, 5.41) is 0. The van der Waals surface area contributed by atoms with Gasteiger partial charge in [0, 0.05) is 33.1 Å². The van der Waals surface area contributed by atoms with Crippen molar-refractivity contribution in [2.45, 2.75) is 6.92 Å². The van der Waals surface area contributed by atoms with Gasteiger partial charge in [-0.3, -0.25) is 14.8 Å². The van der Waals surface area contributed by atoms with Gasteiger partial charge >= 0.3 is 0 Å². The molecule has 2 aromatic rings. The minimum atomic E-state index is -0.138. The third-order valence-electron chi connectivity index (χ3n) is 2.16. The molecule has 0 saturated carbocycles. The van der Waals surface area contributed by atoms with E-state index in [9.17, 15) is 4.79 Å². The van der Waals surface area contributed by atoms with Gasteiger partial charge in [0.2, 0.25) is 5.78 Å². The van der Waals surface area contributed by atoms with Crippen molar-refractivity contribution in [3.05, 3.63) is 56.5 Å². The highest BCUT2D eigenvalue weighted by Gasteiger charge is 2.14. The number of aromatic nitrogens is 2. The van der Waals surface area contributed by atoms with Crippen LogP contribution in [0, 0.1) is 6.92 Å². The molecule has 0 bridgehead atoms. The van der Waals surface area contributed by atoms with E-state index in [0.717, 1.165) is 10.0 Å². The molecule has 2 rings (SSSR count). The monoisotopic (exact) mass is 354 g/mol. The Kier molecular flexibility index (Phi) is 3.69. The SMILES string of the molecule is Cc1cncc(C(=O)c2ncc(Br)cc2Br)c1. The third kappa shape index (κ3) is 2.79.